The van der Waals surface area contributed by atoms with Crippen molar-refractivity contribution in [2.45, 2.75) is 32.1 Å². The molecule has 0 amide bonds. The summed E-state index contributed by atoms with van der Waals surface area (Å²) >= 11 is 0. The average Bonchev–Trinajstić information content (AvgIpc) is 2.70. The Morgan fingerprint density at radius 1 is 0.923 bits per heavy atom. The highest BCUT2D eigenvalue weighted by Gasteiger charge is 2.64. The van der Waals surface area contributed by atoms with Gasteiger partial charge in [0.05, 0.1) is 0 Å². The van der Waals surface area contributed by atoms with E-state index < -0.39 is 0 Å². The molecule has 0 spiro atoms. The van der Waals surface area contributed by atoms with Crippen LogP contribution in [-0.2, 0) is 0 Å². The second kappa shape index (κ2) is 2.29. The van der Waals surface area contributed by atoms with Gasteiger partial charge in [0.15, 0.2) is 0 Å². The third-order valence-electron chi connectivity index (χ3n) is 5.36. The molecular weight excluding hydrogens is 164 g/mol. The van der Waals surface area contributed by atoms with Crippen LogP contribution >= 0.6 is 0 Å². The molecular formula is C11H18O2. The molecule has 4 atom stereocenters. The minimum atomic E-state index is 0.279. The Kier molecular flexibility index (Phi) is 1.45. The van der Waals surface area contributed by atoms with Crippen LogP contribution < -0.4 is 0 Å². The van der Waals surface area contributed by atoms with E-state index in [4.69, 9.17) is 0 Å². The van der Waals surface area contributed by atoms with E-state index in [-0.39, 0.29) is 10.8 Å². The van der Waals surface area contributed by atoms with Crippen molar-refractivity contribution in [1.29, 1.82) is 0 Å². The van der Waals surface area contributed by atoms with E-state index in [0.717, 1.165) is 24.7 Å². The minimum Gasteiger partial charge on any atom is -0.396 e. The van der Waals surface area contributed by atoms with Gasteiger partial charge in [-0.15, -0.1) is 0 Å². The van der Waals surface area contributed by atoms with Crippen LogP contribution in [0.5, 0.6) is 0 Å². The van der Waals surface area contributed by atoms with Gasteiger partial charge < -0.3 is 10.2 Å². The van der Waals surface area contributed by atoms with Crippen molar-refractivity contribution in [1.82, 2.24) is 0 Å². The Hall–Kier alpha value is -0.0800. The molecule has 4 saturated carbocycles. The molecule has 0 aliphatic heterocycles. The van der Waals surface area contributed by atoms with Gasteiger partial charge >= 0.3 is 0 Å². The molecule has 0 radical (unpaired) electrons. The standard InChI is InChI=1S/C11H18O2/c12-6-10-1-2-11(7-13)5-8(10)3-9(11)4-10/h8-9,12-13H,1-7H2. The van der Waals surface area contributed by atoms with Crippen LogP contribution in [0.4, 0.5) is 0 Å². The lowest BCUT2D eigenvalue weighted by Crippen LogP contribution is -2.47. The van der Waals surface area contributed by atoms with Gasteiger partial charge in [0.2, 0.25) is 0 Å². The highest BCUT2D eigenvalue weighted by Crippen LogP contribution is 2.70. The van der Waals surface area contributed by atoms with Crippen LogP contribution in [0, 0.1) is 22.7 Å². The second-order valence-electron chi connectivity index (χ2n) is 5.58. The molecule has 0 aromatic heterocycles. The van der Waals surface area contributed by atoms with Gasteiger partial charge in [0.25, 0.3) is 0 Å². The van der Waals surface area contributed by atoms with Crippen LogP contribution in [0.25, 0.3) is 0 Å². The molecule has 0 aromatic rings. The summed E-state index contributed by atoms with van der Waals surface area (Å²) in [6.07, 6.45) is 5.97. The smallest absolute Gasteiger partial charge is 0.0490 e. The molecule has 0 aromatic carbocycles. The molecule has 4 rings (SSSR count). The van der Waals surface area contributed by atoms with E-state index in [1.165, 1.54) is 19.3 Å². The normalized spacial score (nSPS) is 57.7. The number of hydrogen-bond acceptors (Lipinski definition) is 2. The first-order valence-corrected chi connectivity index (χ1v) is 5.46. The summed E-state index contributed by atoms with van der Waals surface area (Å²) in [7, 11) is 0. The first-order valence-electron chi connectivity index (χ1n) is 5.46. The molecule has 2 N–H and O–H groups in total. The Bertz CT molecular complexity index is 216. The molecule has 4 aliphatic rings. The number of rotatable bonds is 2. The summed E-state index contributed by atoms with van der Waals surface area (Å²) in [6.45, 7) is 0.769. The maximum absolute atomic E-state index is 9.46. The minimum absolute atomic E-state index is 0.279. The summed E-state index contributed by atoms with van der Waals surface area (Å²) < 4.78 is 0. The van der Waals surface area contributed by atoms with Gasteiger partial charge in [-0.05, 0) is 54.8 Å². The summed E-state index contributed by atoms with van der Waals surface area (Å²) in [5.74, 6) is 1.45. The molecule has 4 unspecified atom stereocenters. The van der Waals surface area contributed by atoms with Crippen LogP contribution in [0.15, 0.2) is 0 Å². The SMILES string of the molecule is OCC12CCC3(CO)CC1CC3C2. The van der Waals surface area contributed by atoms with Crippen molar-refractivity contribution in [2.24, 2.45) is 22.7 Å². The number of aliphatic hydroxyl groups excluding tert-OH is 2. The molecule has 74 valence electrons. The number of aliphatic hydroxyl groups is 2. The van der Waals surface area contributed by atoms with Crippen molar-refractivity contribution in [3.05, 3.63) is 0 Å². The topological polar surface area (TPSA) is 40.5 Å². The fraction of sp³-hybridized carbons (Fsp3) is 1.00. The lowest BCUT2D eigenvalue weighted by atomic mass is 9.54. The van der Waals surface area contributed by atoms with Crippen LogP contribution in [0.3, 0.4) is 0 Å². The molecule has 13 heavy (non-hydrogen) atoms. The van der Waals surface area contributed by atoms with E-state index in [2.05, 4.69) is 0 Å². The van der Waals surface area contributed by atoms with Crippen LogP contribution in [-0.4, -0.2) is 23.4 Å². The first-order chi connectivity index (χ1) is 6.25. The fourth-order valence-corrected chi connectivity index (χ4v) is 4.41. The molecule has 0 heterocycles. The molecule has 0 saturated heterocycles. The summed E-state index contributed by atoms with van der Waals surface area (Å²) in [5.41, 5.74) is 0.559. The average molecular weight is 182 g/mol. The Morgan fingerprint density at radius 2 is 1.38 bits per heavy atom. The van der Waals surface area contributed by atoms with E-state index in [1.54, 1.807) is 0 Å². The van der Waals surface area contributed by atoms with Gasteiger partial charge in [0.1, 0.15) is 0 Å². The first kappa shape index (κ1) is 8.25. The molecule has 2 nitrogen and oxygen atoms in total. The zero-order chi connectivity index (χ0) is 9.10. The number of fused-ring (bicyclic) bond motifs is 1. The Labute approximate surface area is 79.0 Å². The molecule has 2 heteroatoms. The lowest BCUT2D eigenvalue weighted by molar-refractivity contribution is -0.0754. The highest BCUT2D eigenvalue weighted by atomic mass is 16.3. The van der Waals surface area contributed by atoms with Crippen molar-refractivity contribution < 1.29 is 10.2 Å². The largest absolute Gasteiger partial charge is 0.396 e. The number of hydrogen-bond donors (Lipinski definition) is 2. The molecule has 4 bridgehead atoms. The van der Waals surface area contributed by atoms with Crippen LogP contribution in [0.1, 0.15) is 32.1 Å². The van der Waals surface area contributed by atoms with E-state index in [0.29, 0.717) is 13.2 Å². The third-order valence-corrected chi connectivity index (χ3v) is 5.36. The summed E-state index contributed by atoms with van der Waals surface area (Å²) in [4.78, 5) is 0. The zero-order valence-electron chi connectivity index (χ0n) is 8.00. The van der Waals surface area contributed by atoms with Crippen molar-refractivity contribution >= 4 is 0 Å². The lowest BCUT2D eigenvalue weighted by Gasteiger charge is -2.51. The van der Waals surface area contributed by atoms with Gasteiger partial charge in [-0.2, -0.15) is 0 Å². The van der Waals surface area contributed by atoms with Gasteiger partial charge in [0, 0.05) is 13.2 Å². The maximum atomic E-state index is 9.46. The maximum Gasteiger partial charge on any atom is 0.0490 e. The third kappa shape index (κ3) is 0.774. The van der Waals surface area contributed by atoms with Gasteiger partial charge in [-0.1, -0.05) is 0 Å². The van der Waals surface area contributed by atoms with Crippen molar-refractivity contribution in [2.75, 3.05) is 13.2 Å². The Morgan fingerprint density at radius 3 is 1.69 bits per heavy atom. The summed E-state index contributed by atoms with van der Waals surface area (Å²) in [6, 6.07) is 0. The predicted octanol–water partition coefficient (Wildman–Crippen LogP) is 1.17. The molecule has 4 aliphatic carbocycles. The van der Waals surface area contributed by atoms with Crippen molar-refractivity contribution in [3.8, 4) is 0 Å². The van der Waals surface area contributed by atoms with E-state index in [1.807, 2.05) is 0 Å². The summed E-state index contributed by atoms with van der Waals surface area (Å²) in [5, 5.41) is 18.9. The Balaban J connectivity index is 1.95. The van der Waals surface area contributed by atoms with Crippen molar-refractivity contribution in [3.63, 3.8) is 0 Å². The van der Waals surface area contributed by atoms with Gasteiger partial charge in [-0.25, -0.2) is 0 Å². The highest BCUT2D eigenvalue weighted by molar-refractivity contribution is 5.13. The predicted molar refractivity (Wildman–Crippen MR) is 49.1 cm³/mol. The van der Waals surface area contributed by atoms with Crippen LogP contribution in [0.2, 0.25) is 0 Å². The van der Waals surface area contributed by atoms with Gasteiger partial charge in [-0.3, -0.25) is 0 Å². The van der Waals surface area contributed by atoms with E-state index >= 15 is 0 Å². The quantitative estimate of drug-likeness (QED) is 0.673. The van der Waals surface area contributed by atoms with E-state index in [9.17, 15) is 10.2 Å². The fourth-order valence-electron chi connectivity index (χ4n) is 4.41. The monoisotopic (exact) mass is 182 g/mol. The second-order valence-corrected chi connectivity index (χ2v) is 5.58. The zero-order valence-corrected chi connectivity index (χ0v) is 8.00. The molecule has 4 fully saturated rings.